The molecule has 1 saturated heterocycles. The first-order valence-electron chi connectivity index (χ1n) is 5.01. The van der Waals surface area contributed by atoms with E-state index in [9.17, 15) is 9.18 Å². The third-order valence-corrected chi connectivity index (χ3v) is 3.82. The Morgan fingerprint density at radius 1 is 1.44 bits per heavy atom. The van der Waals surface area contributed by atoms with Crippen LogP contribution in [0.25, 0.3) is 0 Å². The molecule has 5 heteroatoms. The zero-order valence-corrected chi connectivity index (χ0v) is 9.21. The van der Waals surface area contributed by atoms with E-state index in [1.54, 1.807) is 30.0 Å². The maximum absolute atomic E-state index is 13.5. The minimum atomic E-state index is -0.409. The number of fused-ring (bicyclic) bond motifs is 1. The largest absolute Gasteiger partial charge is 0.272 e. The Bertz CT molecular complexity index is 489. The van der Waals surface area contributed by atoms with Gasteiger partial charge in [-0.2, -0.15) is 21.9 Å². The van der Waals surface area contributed by atoms with Crippen LogP contribution in [-0.4, -0.2) is 23.1 Å². The van der Waals surface area contributed by atoms with Crippen molar-refractivity contribution in [1.82, 2.24) is 0 Å². The molecule has 1 fully saturated rings. The minimum absolute atomic E-state index is 0.106. The van der Waals surface area contributed by atoms with E-state index in [1.807, 2.05) is 0 Å². The van der Waals surface area contributed by atoms with Gasteiger partial charge in [-0.1, -0.05) is 12.1 Å². The van der Waals surface area contributed by atoms with Crippen molar-refractivity contribution >= 4 is 29.1 Å². The van der Waals surface area contributed by atoms with Gasteiger partial charge in [0.1, 0.15) is 11.5 Å². The maximum atomic E-state index is 13.5. The maximum Gasteiger partial charge on any atom is 0.257 e. The molecule has 82 valence electrons. The zero-order chi connectivity index (χ0) is 11.1. The molecule has 16 heavy (non-hydrogen) atoms. The van der Waals surface area contributed by atoms with Crippen LogP contribution in [0.15, 0.2) is 29.4 Å². The van der Waals surface area contributed by atoms with Crippen LogP contribution in [0.3, 0.4) is 0 Å². The van der Waals surface area contributed by atoms with Crippen molar-refractivity contribution < 1.29 is 9.18 Å². The molecule has 2 heterocycles. The highest BCUT2D eigenvalue weighted by Crippen LogP contribution is 2.32. The van der Waals surface area contributed by atoms with Gasteiger partial charge >= 0.3 is 0 Å². The summed E-state index contributed by atoms with van der Waals surface area (Å²) in [5, 5.41) is 5.41. The molecule has 1 atom stereocenters. The van der Waals surface area contributed by atoms with Gasteiger partial charge in [-0.3, -0.25) is 4.79 Å². The van der Waals surface area contributed by atoms with Crippen LogP contribution in [-0.2, 0) is 4.79 Å². The van der Waals surface area contributed by atoms with Crippen molar-refractivity contribution in [2.24, 2.45) is 11.0 Å². The van der Waals surface area contributed by atoms with Crippen molar-refractivity contribution in [1.29, 1.82) is 0 Å². The third kappa shape index (κ3) is 1.35. The number of hydrogen-bond donors (Lipinski definition) is 0. The Morgan fingerprint density at radius 2 is 2.25 bits per heavy atom. The molecule has 0 spiro atoms. The number of thioether (sulfide) groups is 1. The summed E-state index contributed by atoms with van der Waals surface area (Å²) in [6.07, 6.45) is 0. The van der Waals surface area contributed by atoms with E-state index >= 15 is 0 Å². The molecule has 2 aliphatic rings. The number of benzene rings is 1. The van der Waals surface area contributed by atoms with Gasteiger partial charge in [-0.05, 0) is 12.1 Å². The SMILES string of the molecule is O=C1C2CSCC2=NN1c1ccccc1F. The van der Waals surface area contributed by atoms with Crippen LogP contribution >= 0.6 is 11.8 Å². The van der Waals surface area contributed by atoms with Gasteiger partial charge in [-0.15, -0.1) is 0 Å². The summed E-state index contributed by atoms with van der Waals surface area (Å²) >= 11 is 1.70. The number of anilines is 1. The predicted molar refractivity (Wildman–Crippen MR) is 62.1 cm³/mol. The Balaban J connectivity index is 2.01. The van der Waals surface area contributed by atoms with Gasteiger partial charge in [0.25, 0.3) is 5.91 Å². The average Bonchev–Trinajstić information content (AvgIpc) is 2.83. The third-order valence-electron chi connectivity index (χ3n) is 2.75. The summed E-state index contributed by atoms with van der Waals surface area (Å²) in [7, 11) is 0. The van der Waals surface area contributed by atoms with Crippen molar-refractivity contribution in [3.05, 3.63) is 30.1 Å². The quantitative estimate of drug-likeness (QED) is 0.746. The van der Waals surface area contributed by atoms with Gasteiger partial charge in [0.2, 0.25) is 0 Å². The van der Waals surface area contributed by atoms with E-state index in [-0.39, 0.29) is 17.5 Å². The Hall–Kier alpha value is -1.36. The number of amides is 1. The smallest absolute Gasteiger partial charge is 0.257 e. The molecule has 1 aromatic carbocycles. The Labute approximate surface area is 96.3 Å². The van der Waals surface area contributed by atoms with Crippen LogP contribution in [0.2, 0.25) is 0 Å². The van der Waals surface area contributed by atoms with Crippen molar-refractivity contribution in [2.45, 2.75) is 0 Å². The fraction of sp³-hybridized carbons (Fsp3) is 0.273. The van der Waals surface area contributed by atoms with Gasteiger partial charge in [-0.25, -0.2) is 4.39 Å². The molecule has 0 radical (unpaired) electrons. The molecule has 0 saturated carbocycles. The second kappa shape index (κ2) is 3.59. The first-order chi connectivity index (χ1) is 7.77. The number of hydrazone groups is 1. The highest BCUT2D eigenvalue weighted by atomic mass is 32.2. The van der Waals surface area contributed by atoms with E-state index in [0.29, 0.717) is 0 Å². The number of hydrogen-bond acceptors (Lipinski definition) is 3. The van der Waals surface area contributed by atoms with Crippen molar-refractivity contribution in [3.63, 3.8) is 0 Å². The van der Waals surface area contributed by atoms with Gasteiger partial charge < -0.3 is 0 Å². The highest BCUT2D eigenvalue weighted by molar-refractivity contribution is 8.00. The first kappa shape index (κ1) is 9.84. The van der Waals surface area contributed by atoms with E-state index < -0.39 is 5.82 Å². The van der Waals surface area contributed by atoms with Gasteiger partial charge in [0, 0.05) is 11.5 Å². The van der Waals surface area contributed by atoms with E-state index in [2.05, 4.69) is 5.10 Å². The van der Waals surface area contributed by atoms with E-state index in [0.717, 1.165) is 17.2 Å². The second-order valence-electron chi connectivity index (χ2n) is 3.76. The van der Waals surface area contributed by atoms with E-state index in [1.165, 1.54) is 11.1 Å². The van der Waals surface area contributed by atoms with Crippen LogP contribution in [0.5, 0.6) is 0 Å². The summed E-state index contributed by atoms with van der Waals surface area (Å²) in [6, 6.07) is 6.22. The van der Waals surface area contributed by atoms with Crippen molar-refractivity contribution in [2.75, 3.05) is 16.5 Å². The Morgan fingerprint density at radius 3 is 3.00 bits per heavy atom. The molecule has 3 nitrogen and oxygen atoms in total. The molecule has 1 amide bonds. The summed E-state index contributed by atoms with van der Waals surface area (Å²) in [5.41, 5.74) is 1.12. The highest BCUT2D eigenvalue weighted by Gasteiger charge is 2.40. The molecule has 0 aliphatic carbocycles. The fourth-order valence-electron chi connectivity index (χ4n) is 1.91. The number of para-hydroxylation sites is 1. The summed E-state index contributed by atoms with van der Waals surface area (Å²) < 4.78 is 13.5. The molecule has 2 aliphatic heterocycles. The Kier molecular flexibility index (Phi) is 2.21. The lowest BCUT2D eigenvalue weighted by Crippen LogP contribution is -2.27. The van der Waals surface area contributed by atoms with Crippen LogP contribution < -0.4 is 5.01 Å². The molecular weight excluding hydrogens is 227 g/mol. The standard InChI is InChI=1S/C11H9FN2OS/c12-8-3-1-2-4-10(8)14-11(15)7-5-16-6-9(7)13-14/h1-4,7H,5-6H2. The van der Waals surface area contributed by atoms with Crippen LogP contribution in [0.1, 0.15) is 0 Å². The predicted octanol–water partition coefficient (Wildman–Crippen LogP) is 1.89. The molecule has 1 aromatic rings. The molecule has 0 bridgehead atoms. The topological polar surface area (TPSA) is 32.7 Å². The molecule has 1 unspecified atom stereocenters. The number of halogens is 1. The van der Waals surface area contributed by atoms with Crippen LogP contribution in [0, 0.1) is 11.7 Å². The summed E-state index contributed by atoms with van der Waals surface area (Å²) in [5.74, 6) is 0.895. The molecule has 3 rings (SSSR count). The fourth-order valence-corrected chi connectivity index (χ4v) is 3.07. The minimum Gasteiger partial charge on any atom is -0.272 e. The molecule has 0 N–H and O–H groups in total. The number of rotatable bonds is 1. The van der Waals surface area contributed by atoms with Crippen molar-refractivity contribution in [3.8, 4) is 0 Å². The van der Waals surface area contributed by atoms with Gasteiger partial charge in [0.15, 0.2) is 0 Å². The molecule has 0 aromatic heterocycles. The number of nitrogens with zero attached hydrogens (tertiary/aromatic N) is 2. The zero-order valence-electron chi connectivity index (χ0n) is 8.39. The lowest BCUT2D eigenvalue weighted by atomic mass is 10.1. The van der Waals surface area contributed by atoms with Gasteiger partial charge in [0.05, 0.1) is 11.6 Å². The average molecular weight is 236 g/mol. The van der Waals surface area contributed by atoms with Crippen LogP contribution in [0.4, 0.5) is 10.1 Å². The molecular formula is C11H9FN2OS. The first-order valence-corrected chi connectivity index (χ1v) is 6.16. The second-order valence-corrected chi connectivity index (χ2v) is 4.79. The summed E-state index contributed by atoms with van der Waals surface area (Å²) in [4.78, 5) is 12.0. The lowest BCUT2D eigenvalue weighted by molar-refractivity contribution is -0.119. The monoisotopic (exact) mass is 236 g/mol. The number of carbonyl (C=O) groups excluding carboxylic acids is 1. The lowest BCUT2D eigenvalue weighted by Gasteiger charge is -2.13. The van der Waals surface area contributed by atoms with E-state index in [4.69, 9.17) is 0 Å². The number of carbonyl (C=O) groups is 1. The summed E-state index contributed by atoms with van der Waals surface area (Å²) in [6.45, 7) is 0. The normalized spacial score (nSPS) is 23.6.